The molecule has 1 N–H and O–H groups in total. The van der Waals surface area contributed by atoms with E-state index in [0.717, 1.165) is 0 Å². The Morgan fingerprint density at radius 3 is 2.38 bits per heavy atom. The van der Waals surface area contributed by atoms with Crippen molar-refractivity contribution in [1.29, 1.82) is 0 Å². The van der Waals surface area contributed by atoms with Crippen molar-refractivity contribution < 1.29 is 14.0 Å². The Labute approximate surface area is 186 Å². The van der Waals surface area contributed by atoms with Crippen LogP contribution in [0.1, 0.15) is 73.2 Å². The lowest BCUT2D eigenvalue weighted by molar-refractivity contribution is -0.120. The summed E-state index contributed by atoms with van der Waals surface area (Å²) in [6.45, 7) is 3.96. The summed E-state index contributed by atoms with van der Waals surface area (Å²) in [4.78, 5) is 37.9. The Kier molecular flexibility index (Phi) is 6.35. The Morgan fingerprint density at radius 1 is 1.03 bits per heavy atom. The highest BCUT2D eigenvalue weighted by atomic mass is 19.1. The molecule has 0 spiro atoms. The second-order valence-corrected chi connectivity index (χ2v) is 8.35. The minimum absolute atomic E-state index is 0.00860. The van der Waals surface area contributed by atoms with Crippen LogP contribution in [0.4, 0.5) is 10.1 Å². The summed E-state index contributed by atoms with van der Waals surface area (Å²) >= 11 is 0. The van der Waals surface area contributed by atoms with Crippen molar-refractivity contribution in [1.82, 2.24) is 15.0 Å². The molecule has 3 aromatic rings. The second-order valence-electron chi connectivity index (χ2n) is 8.35. The van der Waals surface area contributed by atoms with Crippen LogP contribution in [0.25, 0.3) is 11.1 Å². The van der Waals surface area contributed by atoms with Crippen molar-refractivity contribution in [2.45, 2.75) is 51.4 Å². The number of benzene rings is 1. The average Bonchev–Trinajstić information content (AvgIpc) is 2.80. The summed E-state index contributed by atoms with van der Waals surface area (Å²) < 4.78 is 14.7. The molecular weight excluding hydrogens is 407 g/mol. The number of carbonyl (C=O) groups excluding carboxylic acids is 2. The van der Waals surface area contributed by atoms with E-state index in [2.05, 4.69) is 20.3 Å². The molecule has 0 aliphatic heterocycles. The van der Waals surface area contributed by atoms with Crippen molar-refractivity contribution >= 4 is 17.4 Å². The zero-order valence-corrected chi connectivity index (χ0v) is 18.1. The number of Topliss-reactive ketones (excluding diaryl/α,β-unsaturated/α-hetero) is 1. The van der Waals surface area contributed by atoms with Gasteiger partial charge in [0.2, 0.25) is 0 Å². The van der Waals surface area contributed by atoms with E-state index in [4.69, 9.17) is 0 Å². The molecule has 7 heteroatoms. The number of aromatic nitrogens is 3. The molecule has 1 saturated carbocycles. The molecule has 2 aromatic heterocycles. The number of halogens is 1. The fourth-order valence-electron chi connectivity index (χ4n) is 3.98. The predicted octanol–water partition coefficient (Wildman–Crippen LogP) is 5.28. The third-order valence-electron chi connectivity index (χ3n) is 5.76. The molecular formula is C25H25FN4O2. The van der Waals surface area contributed by atoms with Crippen LogP contribution in [0.3, 0.4) is 0 Å². The molecule has 1 amide bonds. The maximum Gasteiger partial charge on any atom is 0.258 e. The molecule has 4 rings (SSSR count). The highest BCUT2D eigenvalue weighted by Crippen LogP contribution is 2.39. The summed E-state index contributed by atoms with van der Waals surface area (Å²) in [5.41, 5.74) is 2.38. The topological polar surface area (TPSA) is 84.8 Å². The van der Waals surface area contributed by atoms with Crippen LogP contribution < -0.4 is 5.32 Å². The fourth-order valence-corrected chi connectivity index (χ4v) is 3.98. The van der Waals surface area contributed by atoms with Crippen molar-refractivity contribution in [3.63, 3.8) is 0 Å². The van der Waals surface area contributed by atoms with Gasteiger partial charge in [0.25, 0.3) is 5.91 Å². The Balaban J connectivity index is 1.74. The molecule has 0 unspecified atom stereocenters. The summed E-state index contributed by atoms with van der Waals surface area (Å²) in [7, 11) is 0. The largest absolute Gasteiger partial charge is 0.320 e. The van der Waals surface area contributed by atoms with Gasteiger partial charge >= 0.3 is 0 Å². The van der Waals surface area contributed by atoms with Gasteiger partial charge in [-0.3, -0.25) is 14.6 Å². The molecule has 1 fully saturated rings. The number of rotatable bonds is 5. The molecule has 6 nitrogen and oxygen atoms in total. The first kappa shape index (κ1) is 21.7. The van der Waals surface area contributed by atoms with E-state index in [9.17, 15) is 14.0 Å². The van der Waals surface area contributed by atoms with Gasteiger partial charge in [-0.15, -0.1) is 0 Å². The van der Waals surface area contributed by atoms with Gasteiger partial charge in [0.05, 0.1) is 16.9 Å². The number of hydrogen-bond acceptors (Lipinski definition) is 5. The van der Waals surface area contributed by atoms with Crippen molar-refractivity contribution in [2.75, 3.05) is 5.32 Å². The molecule has 0 radical (unpaired) electrons. The minimum atomic E-state index is -0.390. The third kappa shape index (κ3) is 4.56. The van der Waals surface area contributed by atoms with Gasteiger partial charge in [-0.1, -0.05) is 32.0 Å². The number of carbonyl (C=O) groups is 2. The minimum Gasteiger partial charge on any atom is -0.320 e. The van der Waals surface area contributed by atoms with Gasteiger partial charge in [-0.2, -0.15) is 0 Å². The fraction of sp³-hybridized carbons (Fsp3) is 0.320. The number of amides is 1. The average molecular weight is 432 g/mol. The molecule has 2 heterocycles. The van der Waals surface area contributed by atoms with E-state index in [0.29, 0.717) is 59.6 Å². The zero-order chi connectivity index (χ0) is 22.7. The molecule has 32 heavy (non-hydrogen) atoms. The van der Waals surface area contributed by atoms with Gasteiger partial charge in [0.15, 0.2) is 0 Å². The molecule has 1 aliphatic rings. The van der Waals surface area contributed by atoms with Crippen LogP contribution in [-0.2, 0) is 4.79 Å². The maximum atomic E-state index is 14.7. The first-order valence-corrected chi connectivity index (χ1v) is 10.8. The molecule has 0 atom stereocenters. The molecule has 0 saturated heterocycles. The van der Waals surface area contributed by atoms with Crippen molar-refractivity contribution in [3.8, 4) is 11.1 Å². The quantitative estimate of drug-likeness (QED) is 0.593. The van der Waals surface area contributed by atoms with Gasteiger partial charge in [-0.05, 0) is 25.0 Å². The summed E-state index contributed by atoms with van der Waals surface area (Å²) in [6, 6.07) is 8.14. The molecule has 1 aliphatic carbocycles. The Hall–Kier alpha value is -3.48. The van der Waals surface area contributed by atoms with Crippen molar-refractivity contribution in [2.24, 2.45) is 0 Å². The van der Waals surface area contributed by atoms with E-state index in [1.165, 1.54) is 18.5 Å². The maximum absolute atomic E-state index is 14.7. The first-order chi connectivity index (χ1) is 15.4. The second kappa shape index (κ2) is 9.34. The number of nitrogens with zero attached hydrogens (tertiary/aromatic N) is 3. The van der Waals surface area contributed by atoms with E-state index >= 15 is 0 Å². The highest BCUT2D eigenvalue weighted by Gasteiger charge is 2.27. The smallest absolute Gasteiger partial charge is 0.258 e. The van der Waals surface area contributed by atoms with Crippen LogP contribution in [0.5, 0.6) is 0 Å². The number of anilines is 1. The van der Waals surface area contributed by atoms with E-state index in [1.54, 1.807) is 30.5 Å². The zero-order valence-electron chi connectivity index (χ0n) is 18.1. The number of nitrogens with one attached hydrogen (secondary N) is 1. The van der Waals surface area contributed by atoms with Crippen LogP contribution in [0.15, 0.2) is 48.9 Å². The lowest BCUT2D eigenvalue weighted by Gasteiger charge is -2.24. The predicted molar refractivity (Wildman–Crippen MR) is 120 cm³/mol. The lowest BCUT2D eigenvalue weighted by Crippen LogP contribution is -2.19. The Bertz CT molecular complexity index is 1130. The number of pyridine rings is 1. The lowest BCUT2D eigenvalue weighted by atomic mass is 9.84. The number of ketones is 1. The SMILES string of the molecule is CC(C)c1ncc(C(=O)Nc2c(-c3ccccc3F)ccnc2C2CCC(=O)CC2)cn1. The molecule has 1 aromatic carbocycles. The molecule has 164 valence electrons. The molecule has 0 bridgehead atoms. The first-order valence-electron chi connectivity index (χ1n) is 10.8. The van der Waals surface area contributed by atoms with E-state index < -0.39 is 0 Å². The van der Waals surface area contributed by atoms with Gasteiger partial charge in [0, 0.05) is 54.4 Å². The van der Waals surface area contributed by atoms with Crippen molar-refractivity contribution in [3.05, 3.63) is 71.8 Å². The van der Waals surface area contributed by atoms with Gasteiger partial charge in [0.1, 0.15) is 17.4 Å². The van der Waals surface area contributed by atoms with E-state index in [1.807, 2.05) is 13.8 Å². The summed E-state index contributed by atoms with van der Waals surface area (Å²) in [5.74, 6) is 0.276. The third-order valence-corrected chi connectivity index (χ3v) is 5.76. The summed E-state index contributed by atoms with van der Waals surface area (Å²) in [5, 5.41) is 2.95. The van der Waals surface area contributed by atoms with Crippen LogP contribution >= 0.6 is 0 Å². The van der Waals surface area contributed by atoms with Crippen LogP contribution in [0, 0.1) is 5.82 Å². The van der Waals surface area contributed by atoms with Gasteiger partial charge < -0.3 is 5.32 Å². The monoisotopic (exact) mass is 432 g/mol. The Morgan fingerprint density at radius 2 is 1.72 bits per heavy atom. The van der Waals surface area contributed by atoms with Crippen LogP contribution in [-0.4, -0.2) is 26.6 Å². The highest BCUT2D eigenvalue weighted by molar-refractivity contribution is 6.06. The summed E-state index contributed by atoms with van der Waals surface area (Å²) in [6.07, 6.45) is 6.89. The van der Waals surface area contributed by atoms with Crippen LogP contribution in [0.2, 0.25) is 0 Å². The van der Waals surface area contributed by atoms with E-state index in [-0.39, 0.29) is 29.3 Å². The number of hydrogen-bond donors (Lipinski definition) is 1. The normalized spacial score (nSPS) is 14.6. The standard InChI is InChI=1S/C25H25FN4O2/c1-15(2)24-28-13-17(14-29-24)25(32)30-23-20(19-5-3-4-6-21(19)26)11-12-27-22(23)16-7-9-18(31)10-8-16/h3-6,11-16H,7-10H2,1-2H3,(H,30,32). The van der Waals surface area contributed by atoms with Gasteiger partial charge in [-0.25, -0.2) is 14.4 Å².